The average molecular weight is 432 g/mol. The second-order valence-corrected chi connectivity index (χ2v) is 9.24. The summed E-state index contributed by atoms with van der Waals surface area (Å²) in [4.78, 5) is 22.5. The van der Waals surface area contributed by atoms with E-state index in [1.165, 1.54) is 16.0 Å². The summed E-state index contributed by atoms with van der Waals surface area (Å²) in [5, 5.41) is 0.575. The minimum Gasteiger partial charge on any atom is -0.343 e. The Morgan fingerprint density at radius 3 is 2.32 bits per heavy atom. The second kappa shape index (κ2) is 10.0. The maximum absolute atomic E-state index is 12.5. The number of benzene rings is 2. The van der Waals surface area contributed by atoms with Gasteiger partial charge in [-0.25, -0.2) is 4.98 Å². The molecule has 2 aromatic carbocycles. The highest BCUT2D eigenvalue weighted by atomic mass is 32.1. The van der Waals surface area contributed by atoms with Crippen molar-refractivity contribution in [3.63, 3.8) is 0 Å². The van der Waals surface area contributed by atoms with Crippen molar-refractivity contribution in [2.75, 3.05) is 33.7 Å². The van der Waals surface area contributed by atoms with E-state index in [-0.39, 0.29) is 5.91 Å². The van der Waals surface area contributed by atoms with E-state index in [1.54, 1.807) is 30.3 Å². The van der Waals surface area contributed by atoms with Gasteiger partial charge in [-0.05, 0) is 24.8 Å². The Kier molecular flexibility index (Phi) is 6.95. The summed E-state index contributed by atoms with van der Waals surface area (Å²) < 4.78 is 0. The molecule has 0 aliphatic carbocycles. The molecule has 1 amide bonds. The lowest BCUT2D eigenvalue weighted by Gasteiger charge is -2.28. The molecule has 0 bridgehead atoms. The monoisotopic (exact) mass is 431 g/mol. The molecule has 160 valence electrons. The van der Waals surface area contributed by atoms with Crippen molar-refractivity contribution in [3.05, 3.63) is 81.7 Å². The number of carbonyl (C=O) groups is 1. The van der Waals surface area contributed by atoms with Crippen molar-refractivity contribution in [1.82, 2.24) is 14.8 Å². The smallest absolute Gasteiger partial charge is 0.282 e. The largest absolute Gasteiger partial charge is 0.343 e. The molecule has 1 aliphatic rings. The van der Waals surface area contributed by atoms with E-state index >= 15 is 0 Å². The van der Waals surface area contributed by atoms with E-state index in [9.17, 15) is 4.79 Å². The van der Waals surface area contributed by atoms with Crippen molar-refractivity contribution >= 4 is 23.3 Å². The van der Waals surface area contributed by atoms with E-state index in [1.807, 2.05) is 18.2 Å². The van der Waals surface area contributed by atoms with Crippen LogP contribution in [0.4, 0.5) is 0 Å². The lowest BCUT2D eigenvalue weighted by Crippen LogP contribution is -2.32. The molecule has 3 aromatic rings. The lowest BCUT2D eigenvalue weighted by atomic mass is 10.0. The zero-order valence-corrected chi connectivity index (χ0v) is 19.1. The molecule has 0 saturated carbocycles. The van der Waals surface area contributed by atoms with Crippen LogP contribution in [0.1, 0.15) is 33.1 Å². The molecule has 31 heavy (non-hydrogen) atoms. The molecule has 1 aromatic heterocycles. The average Bonchev–Trinajstić information content (AvgIpc) is 3.23. The van der Waals surface area contributed by atoms with E-state index in [0.29, 0.717) is 5.01 Å². The molecular weight excluding hydrogens is 402 g/mol. The maximum atomic E-state index is 12.5. The van der Waals surface area contributed by atoms with Gasteiger partial charge >= 0.3 is 0 Å². The number of likely N-dealkylation sites (tertiary alicyclic amines) is 1. The first-order valence-corrected chi connectivity index (χ1v) is 11.7. The molecule has 1 saturated heterocycles. The van der Waals surface area contributed by atoms with Crippen molar-refractivity contribution in [3.8, 4) is 11.3 Å². The van der Waals surface area contributed by atoms with E-state index in [0.717, 1.165) is 50.2 Å². The summed E-state index contributed by atoms with van der Waals surface area (Å²) in [6, 6.07) is 20.8. The quantitative estimate of drug-likeness (QED) is 0.536. The van der Waals surface area contributed by atoms with Gasteiger partial charge in [0.05, 0.1) is 5.69 Å². The molecule has 1 aliphatic heterocycles. The zero-order valence-electron chi connectivity index (χ0n) is 18.3. The van der Waals surface area contributed by atoms with Gasteiger partial charge in [-0.2, -0.15) is 0 Å². The van der Waals surface area contributed by atoms with Gasteiger partial charge < -0.3 is 9.80 Å². The third-order valence-electron chi connectivity index (χ3n) is 5.66. The van der Waals surface area contributed by atoms with Crippen LogP contribution in [0.5, 0.6) is 0 Å². The van der Waals surface area contributed by atoms with Crippen LogP contribution >= 0.6 is 11.3 Å². The molecule has 0 unspecified atom stereocenters. The predicted molar refractivity (Wildman–Crippen MR) is 129 cm³/mol. The van der Waals surface area contributed by atoms with Gasteiger partial charge in [0.2, 0.25) is 0 Å². The Balaban J connectivity index is 1.42. The summed E-state index contributed by atoms with van der Waals surface area (Å²) in [5.74, 6) is -0.0258. The maximum Gasteiger partial charge on any atom is 0.282 e. The number of rotatable bonds is 6. The number of hydrogen-bond acceptors (Lipinski definition) is 4. The van der Waals surface area contributed by atoms with Gasteiger partial charge in [-0.15, -0.1) is 11.3 Å². The van der Waals surface area contributed by atoms with Crippen LogP contribution in [0.3, 0.4) is 0 Å². The van der Waals surface area contributed by atoms with Gasteiger partial charge in [0.25, 0.3) is 5.91 Å². The van der Waals surface area contributed by atoms with E-state index < -0.39 is 0 Å². The summed E-state index contributed by atoms with van der Waals surface area (Å²) in [7, 11) is 3.56. The summed E-state index contributed by atoms with van der Waals surface area (Å²) >= 11 is 1.54. The Labute approximate surface area is 188 Å². The van der Waals surface area contributed by atoms with Crippen molar-refractivity contribution < 1.29 is 4.79 Å². The van der Waals surface area contributed by atoms with Gasteiger partial charge in [-0.1, -0.05) is 72.3 Å². The highest BCUT2D eigenvalue weighted by Gasteiger charge is 2.20. The first kappa shape index (κ1) is 21.5. The Morgan fingerprint density at radius 2 is 1.68 bits per heavy atom. The van der Waals surface area contributed by atoms with Crippen LogP contribution in [0.15, 0.2) is 66.2 Å². The first-order chi connectivity index (χ1) is 15.1. The number of nitrogens with zero attached hydrogens (tertiary/aromatic N) is 3. The summed E-state index contributed by atoms with van der Waals surface area (Å²) in [6.45, 7) is 3.17. The molecule has 2 heterocycles. The Hall–Kier alpha value is -2.76. The van der Waals surface area contributed by atoms with Crippen molar-refractivity contribution in [1.29, 1.82) is 0 Å². The summed E-state index contributed by atoms with van der Waals surface area (Å²) in [5.41, 5.74) is 4.86. The molecule has 0 atom stereocenters. The normalized spacial score (nSPS) is 14.5. The molecule has 4 nitrogen and oxygen atoms in total. The van der Waals surface area contributed by atoms with Gasteiger partial charge in [0.1, 0.15) is 0 Å². The van der Waals surface area contributed by atoms with Crippen LogP contribution in [0, 0.1) is 0 Å². The number of amides is 1. The minimum absolute atomic E-state index is 0.0258. The number of carbonyl (C=O) groups excluding carboxylic acids is 1. The fourth-order valence-electron chi connectivity index (χ4n) is 3.88. The van der Waals surface area contributed by atoms with Crippen LogP contribution < -0.4 is 0 Å². The van der Waals surface area contributed by atoms with Crippen LogP contribution in [-0.4, -0.2) is 54.4 Å². The number of aromatic nitrogens is 1. The van der Waals surface area contributed by atoms with Crippen LogP contribution in [0.25, 0.3) is 17.3 Å². The van der Waals surface area contributed by atoms with E-state index in [4.69, 9.17) is 4.98 Å². The Morgan fingerprint density at radius 1 is 1.03 bits per heavy atom. The number of thiazole rings is 1. The highest BCUT2D eigenvalue weighted by Crippen LogP contribution is 2.30. The number of hydrogen-bond donors (Lipinski definition) is 0. The third kappa shape index (κ3) is 5.49. The molecule has 0 N–H and O–H groups in total. The molecular formula is C26H29N3OS. The van der Waals surface area contributed by atoms with Gasteiger partial charge in [0, 0.05) is 44.2 Å². The van der Waals surface area contributed by atoms with Crippen LogP contribution in [0.2, 0.25) is 0 Å². The predicted octanol–water partition coefficient (Wildman–Crippen LogP) is 5.23. The number of piperidine rings is 1. The minimum atomic E-state index is -0.0258. The Bertz CT molecular complexity index is 1030. The van der Waals surface area contributed by atoms with Gasteiger partial charge in [0.15, 0.2) is 5.01 Å². The van der Waals surface area contributed by atoms with Crippen LogP contribution in [-0.2, 0) is 6.42 Å². The highest BCUT2D eigenvalue weighted by molar-refractivity contribution is 7.14. The molecule has 5 heteroatoms. The fraction of sp³-hybridized carbons (Fsp3) is 0.308. The topological polar surface area (TPSA) is 36.4 Å². The fourth-order valence-corrected chi connectivity index (χ4v) is 4.97. The second-order valence-electron chi connectivity index (χ2n) is 8.16. The van der Waals surface area contributed by atoms with Crippen molar-refractivity contribution in [2.24, 2.45) is 0 Å². The summed E-state index contributed by atoms with van der Waals surface area (Å²) in [6.07, 6.45) is 5.49. The SMILES string of the molecule is CN(C)C(=O)c1nc(-c2ccccc2)c(CCN2CCC(=Cc3ccccc3)CC2)s1. The molecule has 1 fully saturated rings. The van der Waals surface area contributed by atoms with Gasteiger partial charge in [-0.3, -0.25) is 4.79 Å². The standard InChI is InChI=1S/C26H29N3OS/c1-28(2)26(30)25-27-24(22-11-7-4-8-12-22)23(31-25)15-18-29-16-13-21(14-17-29)19-20-9-5-3-6-10-20/h3-12,19H,13-18H2,1-2H3. The first-order valence-electron chi connectivity index (χ1n) is 10.8. The zero-order chi connectivity index (χ0) is 21.6. The van der Waals surface area contributed by atoms with E-state index in [2.05, 4.69) is 53.4 Å². The van der Waals surface area contributed by atoms with Crippen molar-refractivity contribution in [2.45, 2.75) is 19.3 Å². The molecule has 0 spiro atoms. The molecule has 4 rings (SSSR count). The molecule has 0 radical (unpaired) electrons. The lowest BCUT2D eigenvalue weighted by molar-refractivity contribution is 0.0827. The third-order valence-corrected chi connectivity index (χ3v) is 6.76.